The van der Waals surface area contributed by atoms with Crippen LogP contribution in [0.1, 0.15) is 30.3 Å². The number of hydrogen-bond acceptors (Lipinski definition) is 6. The highest BCUT2D eigenvalue weighted by atomic mass is 16.5. The molecule has 0 bridgehead atoms. The average molecular weight is 428 g/mol. The quantitative estimate of drug-likeness (QED) is 0.481. The molecule has 2 aliphatic heterocycles. The number of amides is 2. The molecule has 0 aliphatic carbocycles. The van der Waals surface area contributed by atoms with Crippen molar-refractivity contribution >= 4 is 17.5 Å². The van der Waals surface area contributed by atoms with Gasteiger partial charge < -0.3 is 20.3 Å². The Labute approximate surface area is 184 Å². The van der Waals surface area contributed by atoms with Crippen LogP contribution < -0.4 is 15.5 Å². The van der Waals surface area contributed by atoms with Crippen molar-refractivity contribution < 1.29 is 14.3 Å². The minimum absolute atomic E-state index is 0.0425. The van der Waals surface area contributed by atoms with Crippen LogP contribution in [0.5, 0.6) is 0 Å². The van der Waals surface area contributed by atoms with Gasteiger partial charge >= 0.3 is 0 Å². The van der Waals surface area contributed by atoms with Gasteiger partial charge in [0.2, 0.25) is 5.91 Å². The third-order valence-electron chi connectivity index (χ3n) is 5.94. The van der Waals surface area contributed by atoms with E-state index in [0.717, 1.165) is 43.9 Å². The van der Waals surface area contributed by atoms with E-state index in [1.54, 1.807) is 31.5 Å². The first-order chi connectivity index (χ1) is 15.0. The second kappa shape index (κ2) is 11.1. The molecule has 2 N–H and O–H groups in total. The van der Waals surface area contributed by atoms with Gasteiger partial charge in [0.25, 0.3) is 5.91 Å². The molecule has 0 aromatic carbocycles. The van der Waals surface area contributed by atoms with Crippen molar-refractivity contribution in [2.24, 2.45) is 0 Å². The molecule has 31 heavy (non-hydrogen) atoms. The summed E-state index contributed by atoms with van der Waals surface area (Å²) in [5.41, 5.74) is 2.20. The Morgan fingerprint density at radius 2 is 2.06 bits per heavy atom. The summed E-state index contributed by atoms with van der Waals surface area (Å²) in [7, 11) is 1.60. The number of rotatable bonds is 8. The van der Waals surface area contributed by atoms with Crippen molar-refractivity contribution in [3.63, 3.8) is 0 Å². The second-order valence-electron chi connectivity index (χ2n) is 7.84. The van der Waals surface area contributed by atoms with Gasteiger partial charge in [0, 0.05) is 51.4 Å². The molecule has 1 aromatic heterocycles. The predicted octanol–water partition coefficient (Wildman–Crippen LogP) is 1.36. The van der Waals surface area contributed by atoms with Crippen LogP contribution >= 0.6 is 0 Å². The maximum Gasteiger partial charge on any atom is 0.269 e. The van der Waals surface area contributed by atoms with Gasteiger partial charge in [-0.2, -0.15) is 0 Å². The summed E-state index contributed by atoms with van der Waals surface area (Å²) < 4.78 is 5.94. The number of ether oxygens (including phenoxy) is 1. The SMILES string of the molecule is C=C/C=C(/CC)C(=O)NC[C@H]1C[C@@H](N2CCN(c3ccc(C(=O)NC)nc3)CC2)CO1. The van der Waals surface area contributed by atoms with Crippen molar-refractivity contribution in [1.82, 2.24) is 20.5 Å². The van der Waals surface area contributed by atoms with Gasteiger partial charge in [0.1, 0.15) is 5.69 Å². The zero-order valence-corrected chi connectivity index (χ0v) is 18.5. The molecule has 0 unspecified atom stereocenters. The number of carbonyl (C=O) groups excluding carboxylic acids is 2. The lowest BCUT2D eigenvalue weighted by atomic mass is 10.1. The first-order valence-electron chi connectivity index (χ1n) is 10.9. The van der Waals surface area contributed by atoms with E-state index in [9.17, 15) is 9.59 Å². The molecule has 168 valence electrons. The first kappa shape index (κ1) is 23.0. The molecular formula is C23H33N5O3. The molecule has 3 rings (SSSR count). The Hall–Kier alpha value is -2.71. The smallest absolute Gasteiger partial charge is 0.269 e. The number of pyridine rings is 1. The van der Waals surface area contributed by atoms with Gasteiger partial charge in [0.15, 0.2) is 0 Å². The molecule has 2 aliphatic rings. The molecule has 0 radical (unpaired) electrons. The van der Waals surface area contributed by atoms with Crippen LogP contribution in [0.4, 0.5) is 5.69 Å². The molecule has 0 saturated carbocycles. The van der Waals surface area contributed by atoms with E-state index in [2.05, 4.69) is 32.0 Å². The molecule has 2 saturated heterocycles. The van der Waals surface area contributed by atoms with E-state index in [0.29, 0.717) is 31.3 Å². The Morgan fingerprint density at radius 1 is 1.29 bits per heavy atom. The van der Waals surface area contributed by atoms with Crippen LogP contribution in [0.3, 0.4) is 0 Å². The third kappa shape index (κ3) is 5.92. The maximum absolute atomic E-state index is 12.2. The van der Waals surface area contributed by atoms with E-state index in [-0.39, 0.29) is 17.9 Å². The Balaban J connectivity index is 1.43. The van der Waals surface area contributed by atoms with Gasteiger partial charge in [-0.05, 0) is 25.0 Å². The topological polar surface area (TPSA) is 86.8 Å². The molecule has 8 heteroatoms. The summed E-state index contributed by atoms with van der Waals surface area (Å²) in [5.74, 6) is -0.217. The molecule has 0 spiro atoms. The largest absolute Gasteiger partial charge is 0.375 e. The number of aromatic nitrogens is 1. The van der Waals surface area contributed by atoms with Gasteiger partial charge in [-0.1, -0.05) is 25.7 Å². The summed E-state index contributed by atoms with van der Waals surface area (Å²) in [4.78, 5) is 32.9. The monoisotopic (exact) mass is 427 g/mol. The van der Waals surface area contributed by atoms with Gasteiger partial charge in [-0.25, -0.2) is 4.98 Å². The lowest BCUT2D eigenvalue weighted by molar-refractivity contribution is -0.118. The zero-order chi connectivity index (χ0) is 22.2. The first-order valence-corrected chi connectivity index (χ1v) is 10.9. The Morgan fingerprint density at radius 3 is 2.68 bits per heavy atom. The van der Waals surface area contributed by atoms with Crippen molar-refractivity contribution in [2.45, 2.75) is 31.9 Å². The fourth-order valence-corrected chi connectivity index (χ4v) is 4.08. The van der Waals surface area contributed by atoms with Crippen molar-refractivity contribution in [3.8, 4) is 0 Å². The minimum Gasteiger partial charge on any atom is -0.375 e. The van der Waals surface area contributed by atoms with Crippen LogP contribution in [-0.2, 0) is 9.53 Å². The number of hydrogen-bond donors (Lipinski definition) is 2. The standard InChI is InChI=1S/C23H33N5O3/c1-4-6-17(5-2)22(29)26-15-20-13-19(16-31-20)28-11-9-27(10-12-28)18-7-8-21(25-14-18)23(30)24-3/h4,6-8,14,19-20H,1,5,9-13,15-16H2,2-3H3,(H,24,30)(H,26,29)/b17-6-/t19-,20-/m1/s1. The van der Waals surface area contributed by atoms with Crippen LogP contribution in [0.2, 0.25) is 0 Å². The van der Waals surface area contributed by atoms with Gasteiger partial charge in [-0.3, -0.25) is 14.5 Å². The Kier molecular flexibility index (Phi) is 8.20. The molecule has 8 nitrogen and oxygen atoms in total. The summed E-state index contributed by atoms with van der Waals surface area (Å²) in [6, 6.07) is 4.10. The molecule has 1 aromatic rings. The van der Waals surface area contributed by atoms with Crippen LogP contribution in [0.15, 0.2) is 42.6 Å². The molecule has 2 fully saturated rings. The van der Waals surface area contributed by atoms with Gasteiger partial charge in [0.05, 0.1) is 24.6 Å². The average Bonchev–Trinajstić information content (AvgIpc) is 3.30. The number of nitrogens with one attached hydrogen (secondary N) is 2. The van der Waals surface area contributed by atoms with Crippen molar-refractivity contribution in [1.29, 1.82) is 0 Å². The predicted molar refractivity (Wildman–Crippen MR) is 121 cm³/mol. The third-order valence-corrected chi connectivity index (χ3v) is 5.94. The zero-order valence-electron chi connectivity index (χ0n) is 18.5. The summed E-state index contributed by atoms with van der Waals surface area (Å²) in [6.45, 7) is 10.6. The minimum atomic E-state index is -0.175. The van der Waals surface area contributed by atoms with E-state index >= 15 is 0 Å². The number of anilines is 1. The van der Waals surface area contributed by atoms with E-state index in [1.807, 2.05) is 13.0 Å². The number of allylic oxidation sites excluding steroid dienone is 2. The van der Waals surface area contributed by atoms with Gasteiger partial charge in [-0.15, -0.1) is 0 Å². The summed E-state index contributed by atoms with van der Waals surface area (Å²) in [6.07, 6.45) is 6.83. The normalized spacial score (nSPS) is 22.3. The van der Waals surface area contributed by atoms with E-state index in [4.69, 9.17) is 4.74 Å². The lowest BCUT2D eigenvalue weighted by Gasteiger charge is -2.38. The highest BCUT2D eigenvalue weighted by molar-refractivity contribution is 5.93. The van der Waals surface area contributed by atoms with Crippen LogP contribution in [0.25, 0.3) is 0 Å². The number of nitrogens with zero attached hydrogens (tertiary/aromatic N) is 3. The number of carbonyl (C=O) groups is 2. The fourth-order valence-electron chi connectivity index (χ4n) is 4.08. The highest BCUT2D eigenvalue weighted by Crippen LogP contribution is 2.22. The lowest BCUT2D eigenvalue weighted by Crippen LogP contribution is -2.50. The summed E-state index contributed by atoms with van der Waals surface area (Å²) in [5, 5.41) is 5.57. The van der Waals surface area contributed by atoms with Crippen LogP contribution in [-0.4, -0.2) is 80.2 Å². The second-order valence-corrected chi connectivity index (χ2v) is 7.84. The van der Waals surface area contributed by atoms with E-state index < -0.39 is 0 Å². The molecular weight excluding hydrogens is 394 g/mol. The number of piperazine rings is 1. The summed E-state index contributed by atoms with van der Waals surface area (Å²) >= 11 is 0. The molecule has 2 atom stereocenters. The van der Waals surface area contributed by atoms with Crippen molar-refractivity contribution in [2.75, 3.05) is 51.3 Å². The fraction of sp³-hybridized carbons (Fsp3) is 0.522. The van der Waals surface area contributed by atoms with E-state index in [1.165, 1.54) is 0 Å². The molecule has 3 heterocycles. The Bertz CT molecular complexity index is 800. The highest BCUT2D eigenvalue weighted by Gasteiger charge is 2.32. The maximum atomic E-state index is 12.2. The molecule has 2 amide bonds. The van der Waals surface area contributed by atoms with Crippen molar-refractivity contribution in [3.05, 3.63) is 48.3 Å². The van der Waals surface area contributed by atoms with Crippen LogP contribution in [0, 0.1) is 0 Å².